The van der Waals surface area contributed by atoms with Crippen molar-refractivity contribution in [3.63, 3.8) is 0 Å². The van der Waals surface area contributed by atoms with E-state index in [1.165, 1.54) is 0 Å². The van der Waals surface area contributed by atoms with Gasteiger partial charge in [-0.15, -0.1) is 0 Å². The van der Waals surface area contributed by atoms with Crippen molar-refractivity contribution in [2.24, 2.45) is 5.92 Å². The van der Waals surface area contributed by atoms with Crippen LogP contribution in [-0.2, 0) is 16.3 Å². The maximum atomic E-state index is 12.3. The first-order valence-electron chi connectivity index (χ1n) is 9.81. The average Bonchev–Trinajstić information content (AvgIpc) is 3.00. The van der Waals surface area contributed by atoms with Crippen LogP contribution in [0.5, 0.6) is 0 Å². The van der Waals surface area contributed by atoms with Crippen molar-refractivity contribution >= 4 is 6.09 Å². The third kappa shape index (κ3) is 7.72. The second kappa shape index (κ2) is 9.19. The van der Waals surface area contributed by atoms with Crippen LogP contribution in [0.2, 0.25) is 0 Å². The highest BCUT2D eigenvalue weighted by molar-refractivity contribution is 5.68. The number of hydrogen-bond acceptors (Lipinski definition) is 2. The molecule has 1 fully saturated rings. The number of halogens is 3. The summed E-state index contributed by atoms with van der Waals surface area (Å²) in [6, 6.07) is 5.41. The molecule has 0 aliphatic carbocycles. The summed E-state index contributed by atoms with van der Waals surface area (Å²) in [5.74, 6) is 0.618. The Morgan fingerprint density at radius 1 is 1.07 bits per heavy atom. The van der Waals surface area contributed by atoms with Crippen LogP contribution >= 0.6 is 0 Å². The van der Waals surface area contributed by atoms with Gasteiger partial charge < -0.3 is 9.64 Å². The fraction of sp³-hybridized carbons (Fsp3) is 0.682. The molecule has 1 heterocycles. The van der Waals surface area contributed by atoms with Crippen molar-refractivity contribution in [1.82, 2.24) is 4.90 Å². The van der Waals surface area contributed by atoms with E-state index < -0.39 is 11.7 Å². The second-order valence-corrected chi connectivity index (χ2v) is 9.13. The van der Waals surface area contributed by atoms with Gasteiger partial charge in [0, 0.05) is 13.1 Å². The Hall–Kier alpha value is -1.72. The van der Waals surface area contributed by atoms with E-state index in [0.717, 1.165) is 43.6 Å². The van der Waals surface area contributed by atoms with Crippen molar-refractivity contribution in [2.75, 3.05) is 13.1 Å². The van der Waals surface area contributed by atoms with Crippen molar-refractivity contribution in [1.29, 1.82) is 0 Å². The topological polar surface area (TPSA) is 29.5 Å². The minimum absolute atomic E-state index is 0.0653. The van der Waals surface area contributed by atoms with Gasteiger partial charge in [0.1, 0.15) is 5.60 Å². The lowest BCUT2D eigenvalue weighted by Gasteiger charge is -2.24. The first kappa shape index (κ1) is 24.3. The Balaban J connectivity index is 0.000000283. The zero-order chi connectivity index (χ0) is 21.8. The number of carbonyl (C=O) groups is 1. The van der Waals surface area contributed by atoms with Crippen molar-refractivity contribution in [3.05, 3.63) is 35.4 Å². The van der Waals surface area contributed by atoms with Crippen molar-refractivity contribution in [2.45, 2.75) is 78.5 Å². The van der Waals surface area contributed by atoms with Crippen LogP contribution in [0.3, 0.4) is 0 Å². The number of nitrogens with zero attached hydrogens (tertiary/aromatic N) is 1. The van der Waals surface area contributed by atoms with Crippen LogP contribution in [0.1, 0.15) is 72.4 Å². The Morgan fingerprint density at radius 3 is 1.93 bits per heavy atom. The molecular weight excluding hydrogens is 367 g/mol. The molecule has 0 aromatic heterocycles. The van der Waals surface area contributed by atoms with Gasteiger partial charge in [-0.25, -0.2) is 4.79 Å². The number of amides is 1. The van der Waals surface area contributed by atoms with Crippen molar-refractivity contribution in [3.8, 4) is 0 Å². The van der Waals surface area contributed by atoms with Gasteiger partial charge in [0.15, 0.2) is 0 Å². The molecule has 0 radical (unpaired) electrons. The van der Waals surface area contributed by atoms with Crippen LogP contribution in [0.25, 0.3) is 0 Å². The van der Waals surface area contributed by atoms with E-state index in [9.17, 15) is 18.0 Å². The molecule has 0 saturated carbocycles. The number of hydrogen-bond donors (Lipinski definition) is 0. The molecule has 1 saturated heterocycles. The molecule has 1 atom stereocenters. The van der Waals surface area contributed by atoms with E-state index in [2.05, 4.69) is 6.92 Å². The summed E-state index contributed by atoms with van der Waals surface area (Å²) >= 11 is 0. The summed E-state index contributed by atoms with van der Waals surface area (Å²) in [6.07, 6.45) is -2.41. The molecule has 1 aromatic carbocycles. The molecule has 1 aliphatic heterocycles. The van der Waals surface area contributed by atoms with Crippen LogP contribution in [0.15, 0.2) is 24.3 Å². The third-order valence-corrected chi connectivity index (χ3v) is 4.95. The number of carbonyl (C=O) groups excluding carboxylic acids is 1. The molecule has 1 unspecified atom stereocenters. The van der Waals surface area contributed by atoms with Crippen LogP contribution in [-0.4, -0.2) is 29.7 Å². The van der Waals surface area contributed by atoms with E-state index in [-0.39, 0.29) is 17.1 Å². The molecule has 2 rings (SSSR count). The van der Waals surface area contributed by atoms with Crippen molar-refractivity contribution < 1.29 is 22.7 Å². The highest BCUT2D eigenvalue weighted by Crippen LogP contribution is 2.32. The largest absolute Gasteiger partial charge is 0.444 e. The van der Waals surface area contributed by atoms with Gasteiger partial charge >= 0.3 is 12.3 Å². The monoisotopic (exact) mass is 401 g/mol. The lowest BCUT2D eigenvalue weighted by Crippen LogP contribution is -2.35. The normalized spacial score (nSPS) is 17.8. The first-order chi connectivity index (χ1) is 12.7. The lowest BCUT2D eigenvalue weighted by molar-refractivity contribution is -0.137. The Bertz CT molecular complexity index is 631. The molecule has 28 heavy (non-hydrogen) atoms. The number of ether oxygens (including phenoxy) is 1. The third-order valence-electron chi connectivity index (χ3n) is 4.95. The number of benzene rings is 1. The summed E-state index contributed by atoms with van der Waals surface area (Å²) in [5.41, 5.74) is -0.0799. The van der Waals surface area contributed by atoms with E-state index in [0.29, 0.717) is 5.92 Å². The summed E-state index contributed by atoms with van der Waals surface area (Å²) in [6.45, 7) is 15.6. The molecule has 0 spiro atoms. The SMILES string of the molecule is CC1CCN(C(=O)OC(C)(C)C)C1.CCC(C)(C)c1ccc(C(F)(F)F)cc1. The molecule has 3 nitrogen and oxygen atoms in total. The summed E-state index contributed by atoms with van der Waals surface area (Å²) in [4.78, 5) is 13.3. The number of rotatable bonds is 2. The summed E-state index contributed by atoms with van der Waals surface area (Å²) in [7, 11) is 0. The zero-order valence-corrected chi connectivity index (χ0v) is 18.1. The highest BCUT2D eigenvalue weighted by atomic mass is 19.4. The smallest absolute Gasteiger partial charge is 0.416 e. The van der Waals surface area contributed by atoms with Gasteiger partial charge in [0.25, 0.3) is 0 Å². The van der Waals surface area contributed by atoms with E-state index in [1.807, 2.05) is 41.5 Å². The predicted molar refractivity (Wildman–Crippen MR) is 106 cm³/mol. The fourth-order valence-corrected chi connectivity index (χ4v) is 2.74. The molecule has 1 aromatic rings. The quantitative estimate of drug-likeness (QED) is 0.555. The average molecular weight is 402 g/mol. The zero-order valence-electron chi connectivity index (χ0n) is 18.1. The summed E-state index contributed by atoms with van der Waals surface area (Å²) in [5, 5.41) is 0. The standard InChI is InChI=1S/C12H15F3.C10H19NO2/c1-4-11(2,3)9-5-7-10(8-6-9)12(13,14)15;1-8-5-6-11(7-8)9(12)13-10(2,3)4/h5-8H,4H2,1-3H3;8H,5-7H2,1-4H3. The molecular formula is C22H34F3NO2. The minimum Gasteiger partial charge on any atom is -0.444 e. The lowest BCUT2D eigenvalue weighted by atomic mass is 9.82. The molecule has 6 heteroatoms. The highest BCUT2D eigenvalue weighted by Gasteiger charge is 2.31. The second-order valence-electron chi connectivity index (χ2n) is 9.13. The van der Waals surface area contributed by atoms with Gasteiger partial charge in [0.2, 0.25) is 0 Å². The summed E-state index contributed by atoms with van der Waals surface area (Å²) < 4.78 is 42.2. The van der Waals surface area contributed by atoms with Gasteiger partial charge in [0.05, 0.1) is 5.56 Å². The Morgan fingerprint density at radius 2 is 1.57 bits per heavy atom. The van der Waals surface area contributed by atoms with E-state index in [4.69, 9.17) is 4.74 Å². The van der Waals surface area contributed by atoms with Crippen LogP contribution in [0, 0.1) is 5.92 Å². The Labute approximate surface area is 167 Å². The molecule has 1 aliphatic rings. The van der Waals surface area contributed by atoms with Gasteiger partial charge in [-0.05, 0) is 62.6 Å². The first-order valence-corrected chi connectivity index (χ1v) is 9.81. The fourth-order valence-electron chi connectivity index (χ4n) is 2.74. The maximum absolute atomic E-state index is 12.3. The Kier molecular flexibility index (Phi) is 7.98. The maximum Gasteiger partial charge on any atom is 0.416 e. The van der Waals surface area contributed by atoms with E-state index in [1.54, 1.807) is 17.0 Å². The van der Waals surface area contributed by atoms with Gasteiger partial charge in [-0.3, -0.25) is 0 Å². The minimum atomic E-state index is -4.24. The van der Waals surface area contributed by atoms with Crippen LogP contribution < -0.4 is 0 Å². The number of likely N-dealkylation sites (tertiary alicyclic amines) is 1. The predicted octanol–water partition coefficient (Wildman–Crippen LogP) is 6.66. The molecule has 160 valence electrons. The molecule has 0 bridgehead atoms. The van der Waals surface area contributed by atoms with Crippen LogP contribution in [0.4, 0.5) is 18.0 Å². The number of alkyl halides is 3. The molecule has 1 amide bonds. The molecule has 0 N–H and O–H groups in total. The van der Waals surface area contributed by atoms with E-state index >= 15 is 0 Å². The van der Waals surface area contributed by atoms with Gasteiger partial charge in [-0.2, -0.15) is 13.2 Å². The van der Waals surface area contributed by atoms with Gasteiger partial charge in [-0.1, -0.05) is 39.8 Å².